The van der Waals surface area contributed by atoms with Gasteiger partial charge in [0.2, 0.25) is 0 Å². The van der Waals surface area contributed by atoms with Gasteiger partial charge in [-0.3, -0.25) is 0 Å². The quantitative estimate of drug-likeness (QED) is 0.649. The van der Waals surface area contributed by atoms with Gasteiger partial charge in [-0.1, -0.05) is 55.8 Å². The summed E-state index contributed by atoms with van der Waals surface area (Å²) >= 11 is 0. The summed E-state index contributed by atoms with van der Waals surface area (Å²) in [5.41, 5.74) is 7.27. The summed E-state index contributed by atoms with van der Waals surface area (Å²) in [6.07, 6.45) is 1.25. The molecule has 0 bridgehead atoms. The molecule has 0 saturated heterocycles. The van der Waals surface area contributed by atoms with Gasteiger partial charge in [-0.2, -0.15) is 0 Å². The molecular weight excluding hydrogens is 158 g/mol. The fourth-order valence-electron chi connectivity index (χ4n) is 0.637. The van der Waals surface area contributed by atoms with Crippen molar-refractivity contribution in [2.75, 3.05) is 0 Å². The molecule has 1 rings (SSSR count). The molecule has 2 N–H and O–H groups in total. The Hall–Kier alpha value is -1.24. The summed E-state index contributed by atoms with van der Waals surface area (Å²) in [6.45, 7) is 11.3. The van der Waals surface area contributed by atoms with Crippen molar-refractivity contribution in [2.45, 2.75) is 27.7 Å². The lowest BCUT2D eigenvalue weighted by Crippen LogP contribution is -1.70. The van der Waals surface area contributed by atoms with Gasteiger partial charge < -0.3 is 5.73 Å². The second-order valence-electron chi connectivity index (χ2n) is 2.39. The summed E-state index contributed by atoms with van der Waals surface area (Å²) in [5, 5.41) is 0. The maximum atomic E-state index is 4.61. The van der Waals surface area contributed by atoms with E-state index in [2.05, 4.69) is 50.4 Å². The summed E-state index contributed by atoms with van der Waals surface area (Å²) in [6, 6.07) is 8.48. The van der Waals surface area contributed by atoms with Crippen LogP contribution in [-0.2, 0) is 0 Å². The monoisotopic (exact) mass is 179 g/mol. The highest BCUT2D eigenvalue weighted by Crippen LogP contribution is 1.99. The average molecular weight is 179 g/mol. The second kappa shape index (κ2) is 10.8. The van der Waals surface area contributed by atoms with Gasteiger partial charge in [0.15, 0.2) is 0 Å². The molecule has 0 fully saturated rings. The number of rotatable bonds is 0. The maximum absolute atomic E-state index is 4.61. The molecule has 1 aromatic carbocycles. The largest absolute Gasteiger partial charge is 0.405 e. The Morgan fingerprint density at radius 2 is 1.15 bits per heavy atom. The summed E-state index contributed by atoms with van der Waals surface area (Å²) < 4.78 is 0. The first kappa shape index (κ1) is 14.3. The molecular formula is C12H21N. The molecule has 0 aromatic heterocycles. The summed E-state index contributed by atoms with van der Waals surface area (Å²) in [7, 11) is 0. The fourth-order valence-corrected chi connectivity index (χ4v) is 0.637. The van der Waals surface area contributed by atoms with Gasteiger partial charge in [0.1, 0.15) is 0 Å². The van der Waals surface area contributed by atoms with Crippen molar-refractivity contribution in [3.63, 3.8) is 0 Å². The maximum Gasteiger partial charge on any atom is -0.0136 e. The highest BCUT2D eigenvalue weighted by atomic mass is 14.5. The van der Waals surface area contributed by atoms with E-state index < -0.39 is 0 Å². The van der Waals surface area contributed by atoms with E-state index in [0.717, 1.165) is 0 Å². The minimum Gasteiger partial charge on any atom is -0.405 e. The third kappa shape index (κ3) is 10.8. The Bertz CT molecular complexity index is 178. The molecule has 0 aliphatic rings. The zero-order chi connectivity index (χ0) is 10.7. The van der Waals surface area contributed by atoms with Crippen LogP contribution in [0.1, 0.15) is 25.0 Å². The predicted octanol–water partition coefficient (Wildman–Crippen LogP) is 3.42. The van der Waals surface area contributed by atoms with E-state index >= 15 is 0 Å². The van der Waals surface area contributed by atoms with Crippen molar-refractivity contribution in [3.8, 4) is 0 Å². The van der Waals surface area contributed by atoms with Crippen LogP contribution in [0.3, 0.4) is 0 Å². The molecule has 0 unspecified atom stereocenters. The lowest BCUT2D eigenvalue weighted by atomic mass is 10.2. The van der Waals surface area contributed by atoms with Crippen LogP contribution in [0.15, 0.2) is 37.0 Å². The van der Waals surface area contributed by atoms with E-state index in [1.165, 1.54) is 17.3 Å². The molecule has 0 aliphatic carbocycles. The summed E-state index contributed by atoms with van der Waals surface area (Å²) in [4.78, 5) is 0. The van der Waals surface area contributed by atoms with E-state index in [1.807, 2.05) is 13.8 Å². The zero-order valence-corrected chi connectivity index (χ0v) is 9.17. The van der Waals surface area contributed by atoms with Crippen LogP contribution in [0.4, 0.5) is 0 Å². The van der Waals surface area contributed by atoms with E-state index in [-0.39, 0.29) is 0 Å². The van der Waals surface area contributed by atoms with Crippen molar-refractivity contribution in [3.05, 3.63) is 48.2 Å². The zero-order valence-electron chi connectivity index (χ0n) is 9.17. The molecule has 0 amide bonds. The highest BCUT2D eigenvalue weighted by Gasteiger charge is 1.79. The van der Waals surface area contributed by atoms with Gasteiger partial charge in [-0.25, -0.2) is 0 Å². The van der Waals surface area contributed by atoms with E-state index in [4.69, 9.17) is 0 Å². The predicted molar refractivity (Wildman–Crippen MR) is 61.6 cm³/mol. The van der Waals surface area contributed by atoms with Crippen molar-refractivity contribution in [1.29, 1.82) is 0 Å². The van der Waals surface area contributed by atoms with Crippen molar-refractivity contribution < 1.29 is 0 Å². The van der Waals surface area contributed by atoms with Gasteiger partial charge >= 0.3 is 0 Å². The molecule has 1 aromatic rings. The van der Waals surface area contributed by atoms with Crippen LogP contribution in [0.5, 0.6) is 0 Å². The molecule has 13 heavy (non-hydrogen) atoms. The molecule has 0 saturated carbocycles. The lowest BCUT2D eigenvalue weighted by Gasteiger charge is -1.90. The van der Waals surface area contributed by atoms with Gasteiger partial charge in [0, 0.05) is 0 Å². The van der Waals surface area contributed by atoms with Gasteiger partial charge in [0.25, 0.3) is 0 Å². The van der Waals surface area contributed by atoms with Crippen LogP contribution in [0.2, 0.25) is 0 Å². The first-order valence-electron chi connectivity index (χ1n) is 4.56. The fraction of sp³-hybridized carbons (Fsp3) is 0.333. The summed E-state index contributed by atoms with van der Waals surface area (Å²) in [5.74, 6) is 0. The third-order valence-electron chi connectivity index (χ3n) is 1.22. The molecule has 0 radical (unpaired) electrons. The van der Waals surface area contributed by atoms with Crippen LogP contribution < -0.4 is 5.73 Å². The van der Waals surface area contributed by atoms with Gasteiger partial charge in [0.05, 0.1) is 0 Å². The minimum atomic E-state index is 1.25. The Kier molecular flexibility index (Phi) is 11.8. The molecule has 74 valence electrons. The SMILES string of the molecule is C=CN.CC.Cc1ccc(C)cc1. The van der Waals surface area contributed by atoms with Crippen LogP contribution >= 0.6 is 0 Å². The number of benzene rings is 1. The number of nitrogens with two attached hydrogens (primary N) is 1. The average Bonchev–Trinajstić information content (AvgIpc) is 2.15. The van der Waals surface area contributed by atoms with Gasteiger partial charge in [-0.15, -0.1) is 0 Å². The molecule has 0 spiro atoms. The van der Waals surface area contributed by atoms with Crippen molar-refractivity contribution in [1.82, 2.24) is 0 Å². The Balaban J connectivity index is 0. The van der Waals surface area contributed by atoms with Gasteiger partial charge in [-0.05, 0) is 20.0 Å². The number of hydrogen-bond acceptors (Lipinski definition) is 1. The van der Waals surface area contributed by atoms with Crippen LogP contribution in [0.25, 0.3) is 0 Å². The first-order valence-corrected chi connectivity index (χ1v) is 4.56. The van der Waals surface area contributed by atoms with Crippen LogP contribution in [-0.4, -0.2) is 0 Å². The second-order valence-corrected chi connectivity index (χ2v) is 2.39. The number of aryl methyl sites for hydroxylation is 2. The lowest BCUT2D eigenvalue weighted by molar-refractivity contribution is 1.40. The smallest absolute Gasteiger partial charge is 0.0136 e. The molecule has 1 nitrogen and oxygen atoms in total. The Labute approximate surface area is 82.3 Å². The van der Waals surface area contributed by atoms with E-state index in [0.29, 0.717) is 0 Å². The highest BCUT2D eigenvalue weighted by molar-refractivity contribution is 5.19. The van der Waals surface area contributed by atoms with E-state index in [1.54, 1.807) is 0 Å². The third-order valence-corrected chi connectivity index (χ3v) is 1.22. The molecule has 1 heteroatoms. The standard InChI is InChI=1S/C8H10.C2H5N.C2H6/c1-7-3-5-8(2)6-4-7;1-2-3;1-2/h3-6H,1-2H3;2H,1,3H2;1-2H3. The number of hydrogen-bond donors (Lipinski definition) is 1. The molecule has 0 aliphatic heterocycles. The van der Waals surface area contributed by atoms with Crippen molar-refractivity contribution >= 4 is 0 Å². The Morgan fingerprint density at radius 3 is 1.31 bits per heavy atom. The normalized spacial score (nSPS) is 7.08. The first-order chi connectivity index (χ1) is 6.20. The van der Waals surface area contributed by atoms with Crippen LogP contribution in [0, 0.1) is 13.8 Å². The Morgan fingerprint density at radius 1 is 1.00 bits per heavy atom. The van der Waals surface area contributed by atoms with Crippen molar-refractivity contribution in [2.24, 2.45) is 5.73 Å². The molecule has 0 atom stereocenters. The molecule has 0 heterocycles. The topological polar surface area (TPSA) is 26.0 Å². The van der Waals surface area contributed by atoms with E-state index in [9.17, 15) is 0 Å². The minimum absolute atomic E-state index is 1.25.